The van der Waals surface area contributed by atoms with Crippen LogP contribution < -0.4 is 10.1 Å². The van der Waals surface area contributed by atoms with Gasteiger partial charge in [-0.1, -0.05) is 23.9 Å². The predicted molar refractivity (Wildman–Crippen MR) is 111 cm³/mol. The van der Waals surface area contributed by atoms with Crippen molar-refractivity contribution >= 4 is 40.1 Å². The summed E-state index contributed by atoms with van der Waals surface area (Å²) < 4.78 is 18.9. The number of carbonyl (C=O) groups is 2. The smallest absolute Gasteiger partial charge is 0.242 e. The van der Waals surface area contributed by atoms with Crippen molar-refractivity contribution in [2.75, 3.05) is 12.4 Å². The molecular weight excluding hydrogens is 393 g/mol. The van der Waals surface area contributed by atoms with Crippen LogP contribution in [0.25, 0.3) is 0 Å². The molecule has 1 aliphatic heterocycles. The number of methoxy groups -OCH3 is 1. The molecule has 0 unspecified atom stereocenters. The minimum atomic E-state index is -0.570. The van der Waals surface area contributed by atoms with Crippen LogP contribution >= 0.6 is 11.8 Å². The van der Waals surface area contributed by atoms with Gasteiger partial charge in [0.1, 0.15) is 16.8 Å². The zero-order valence-electron chi connectivity index (χ0n) is 15.8. The van der Waals surface area contributed by atoms with Crippen molar-refractivity contribution in [2.24, 2.45) is 4.99 Å². The summed E-state index contributed by atoms with van der Waals surface area (Å²) >= 11 is 1.28. The topological polar surface area (TPSA) is 71.0 Å². The number of benzene rings is 2. The number of thioether (sulfide) groups is 1. The third-order valence-corrected chi connectivity index (χ3v) is 5.85. The Morgan fingerprint density at radius 2 is 1.97 bits per heavy atom. The molecule has 2 aliphatic rings. The largest absolute Gasteiger partial charge is 0.497 e. The summed E-state index contributed by atoms with van der Waals surface area (Å²) in [5.41, 5.74) is 0.822. The predicted octanol–water partition coefficient (Wildman–Crippen LogP) is 3.96. The molecule has 1 saturated carbocycles. The number of aliphatic imine (C=N–C) groups is 1. The monoisotopic (exact) mass is 413 g/mol. The molecule has 2 aromatic carbocycles. The first-order valence-corrected chi connectivity index (χ1v) is 10.2. The van der Waals surface area contributed by atoms with E-state index in [9.17, 15) is 14.0 Å². The molecule has 0 spiro atoms. The van der Waals surface area contributed by atoms with E-state index in [1.165, 1.54) is 23.9 Å². The average molecular weight is 413 g/mol. The molecule has 0 bridgehead atoms. The van der Waals surface area contributed by atoms with Gasteiger partial charge in [-0.15, -0.1) is 0 Å². The lowest BCUT2D eigenvalue weighted by atomic mass is 10.2. The van der Waals surface area contributed by atoms with Crippen LogP contribution in [0.5, 0.6) is 5.75 Å². The highest BCUT2D eigenvalue weighted by Gasteiger charge is 2.46. The Balaban J connectivity index is 1.48. The summed E-state index contributed by atoms with van der Waals surface area (Å²) in [4.78, 5) is 31.6. The second-order valence-electron chi connectivity index (χ2n) is 6.87. The molecule has 6 nitrogen and oxygen atoms in total. The Kier molecular flexibility index (Phi) is 5.53. The summed E-state index contributed by atoms with van der Waals surface area (Å²) in [7, 11) is 1.60. The van der Waals surface area contributed by atoms with Gasteiger partial charge in [-0.25, -0.2) is 9.38 Å². The summed E-state index contributed by atoms with van der Waals surface area (Å²) in [6.07, 6.45) is 1.83. The number of anilines is 1. The second-order valence-corrected chi connectivity index (χ2v) is 8.04. The summed E-state index contributed by atoms with van der Waals surface area (Å²) in [6.45, 7) is 0. The number of nitrogens with one attached hydrogen (secondary N) is 1. The van der Waals surface area contributed by atoms with Crippen molar-refractivity contribution in [1.29, 1.82) is 0 Å². The molecule has 2 amide bonds. The van der Waals surface area contributed by atoms with Crippen LogP contribution in [0.1, 0.15) is 19.3 Å². The number of rotatable bonds is 6. The number of amidine groups is 1. The SMILES string of the molecule is COc1ccc(N=C2S[C@@H](CC(=O)Nc3ccccc3F)C(=O)N2C2CC2)cc1. The number of para-hydroxylation sites is 1. The van der Waals surface area contributed by atoms with Gasteiger partial charge in [-0.2, -0.15) is 0 Å². The Bertz CT molecular complexity index is 960. The van der Waals surface area contributed by atoms with E-state index in [4.69, 9.17) is 4.74 Å². The molecule has 1 N–H and O–H groups in total. The van der Waals surface area contributed by atoms with Crippen LogP contribution in [0, 0.1) is 5.82 Å². The van der Waals surface area contributed by atoms with E-state index in [0.29, 0.717) is 10.9 Å². The van der Waals surface area contributed by atoms with Gasteiger partial charge in [0.05, 0.1) is 18.5 Å². The van der Waals surface area contributed by atoms with Gasteiger partial charge in [-0.3, -0.25) is 14.5 Å². The van der Waals surface area contributed by atoms with Crippen molar-refractivity contribution in [3.05, 3.63) is 54.3 Å². The van der Waals surface area contributed by atoms with E-state index in [1.807, 2.05) is 24.3 Å². The normalized spacial score (nSPS) is 20.2. The number of ether oxygens (including phenoxy) is 1. The number of hydrogen-bond donors (Lipinski definition) is 1. The molecule has 8 heteroatoms. The first-order valence-electron chi connectivity index (χ1n) is 9.32. The maximum absolute atomic E-state index is 13.8. The van der Waals surface area contributed by atoms with Gasteiger partial charge in [-0.05, 0) is 49.2 Å². The van der Waals surface area contributed by atoms with Crippen LogP contribution in [0.3, 0.4) is 0 Å². The standard InChI is InChI=1S/C21H20FN3O3S/c1-28-15-10-6-13(7-11-15)23-21-25(14-8-9-14)20(27)18(29-21)12-19(26)24-17-5-3-2-4-16(17)22/h2-7,10-11,14,18H,8-9,12H2,1H3,(H,24,26)/t18-/m0/s1. The quantitative estimate of drug-likeness (QED) is 0.778. The first-order chi connectivity index (χ1) is 14.0. The molecule has 1 heterocycles. The molecule has 4 rings (SSSR count). The maximum atomic E-state index is 13.8. The fourth-order valence-corrected chi connectivity index (χ4v) is 4.28. The van der Waals surface area contributed by atoms with Crippen molar-refractivity contribution in [2.45, 2.75) is 30.6 Å². The highest BCUT2D eigenvalue weighted by Crippen LogP contribution is 2.39. The molecule has 1 saturated heterocycles. The zero-order valence-corrected chi connectivity index (χ0v) is 16.6. The van der Waals surface area contributed by atoms with Crippen LogP contribution in [-0.2, 0) is 9.59 Å². The van der Waals surface area contributed by atoms with Gasteiger partial charge in [0.25, 0.3) is 0 Å². The zero-order chi connectivity index (χ0) is 20.4. The Morgan fingerprint density at radius 3 is 2.62 bits per heavy atom. The highest BCUT2D eigenvalue weighted by molar-refractivity contribution is 8.15. The third-order valence-electron chi connectivity index (χ3n) is 4.69. The second kappa shape index (κ2) is 8.24. The van der Waals surface area contributed by atoms with Crippen LogP contribution in [-0.4, -0.2) is 40.3 Å². The molecule has 0 radical (unpaired) electrons. The van der Waals surface area contributed by atoms with Gasteiger partial charge in [0.15, 0.2) is 5.17 Å². The average Bonchev–Trinajstić information content (AvgIpc) is 3.50. The van der Waals surface area contributed by atoms with Crippen molar-refractivity contribution in [3.63, 3.8) is 0 Å². The van der Waals surface area contributed by atoms with Crippen molar-refractivity contribution in [3.8, 4) is 5.75 Å². The number of halogens is 1. The molecule has 1 atom stereocenters. The third kappa shape index (κ3) is 4.42. The molecule has 2 fully saturated rings. The van der Waals surface area contributed by atoms with E-state index in [1.54, 1.807) is 24.1 Å². The van der Waals surface area contributed by atoms with Gasteiger partial charge >= 0.3 is 0 Å². The molecule has 29 heavy (non-hydrogen) atoms. The van der Waals surface area contributed by atoms with Gasteiger partial charge in [0.2, 0.25) is 11.8 Å². The summed E-state index contributed by atoms with van der Waals surface area (Å²) in [5.74, 6) is -0.297. The molecule has 150 valence electrons. The lowest BCUT2D eigenvalue weighted by molar-refractivity contribution is -0.128. The number of carbonyl (C=O) groups excluding carboxylic acids is 2. The molecule has 1 aliphatic carbocycles. The number of hydrogen-bond acceptors (Lipinski definition) is 5. The Labute approximate surface area is 172 Å². The Hall–Kier alpha value is -2.87. The fraction of sp³-hybridized carbons (Fsp3) is 0.286. The summed E-state index contributed by atoms with van der Waals surface area (Å²) in [5, 5.41) is 2.58. The highest BCUT2D eigenvalue weighted by atomic mass is 32.2. The van der Waals surface area contributed by atoms with E-state index in [-0.39, 0.29) is 24.1 Å². The van der Waals surface area contributed by atoms with E-state index in [2.05, 4.69) is 10.3 Å². The van der Waals surface area contributed by atoms with E-state index >= 15 is 0 Å². The van der Waals surface area contributed by atoms with E-state index < -0.39 is 17.0 Å². The minimum Gasteiger partial charge on any atom is -0.497 e. The van der Waals surface area contributed by atoms with Crippen molar-refractivity contribution in [1.82, 2.24) is 4.90 Å². The summed E-state index contributed by atoms with van der Waals surface area (Å²) in [6, 6.07) is 13.4. The van der Waals surface area contributed by atoms with Crippen LogP contribution in [0.2, 0.25) is 0 Å². The first kappa shape index (κ1) is 19.4. The lowest BCUT2D eigenvalue weighted by Gasteiger charge is -2.15. The van der Waals surface area contributed by atoms with Crippen LogP contribution in [0.4, 0.5) is 15.8 Å². The molecule has 2 aromatic rings. The van der Waals surface area contributed by atoms with Crippen LogP contribution in [0.15, 0.2) is 53.5 Å². The number of amides is 2. The van der Waals surface area contributed by atoms with Gasteiger partial charge in [0, 0.05) is 12.5 Å². The number of nitrogens with zero attached hydrogens (tertiary/aromatic N) is 2. The van der Waals surface area contributed by atoms with Gasteiger partial charge < -0.3 is 10.1 Å². The van der Waals surface area contributed by atoms with Crippen molar-refractivity contribution < 1.29 is 18.7 Å². The fourth-order valence-electron chi connectivity index (χ4n) is 3.06. The lowest BCUT2D eigenvalue weighted by Crippen LogP contribution is -2.35. The minimum absolute atomic E-state index is 0.0390. The maximum Gasteiger partial charge on any atom is 0.242 e. The van der Waals surface area contributed by atoms with E-state index in [0.717, 1.165) is 18.6 Å². The Morgan fingerprint density at radius 1 is 1.24 bits per heavy atom. The molecular formula is C21H20FN3O3S. The molecule has 0 aromatic heterocycles.